The second-order valence-corrected chi connectivity index (χ2v) is 13.1. The van der Waals surface area contributed by atoms with Crippen LogP contribution in [0.1, 0.15) is 40.2 Å². The minimum atomic E-state index is -4.23. The quantitative estimate of drug-likeness (QED) is 0.597. The maximum atomic E-state index is 14.6. The molecule has 5 nitrogen and oxygen atoms in total. The number of alkyl halides is 1. The minimum Gasteiger partial charge on any atom is -0.598 e. The molecule has 0 fully saturated rings. The molecule has 0 aliphatic rings. The minimum absolute atomic E-state index is 0.283. The fraction of sp³-hybridized carbons (Fsp3) is 0.588. The molecule has 0 aliphatic heterocycles. The number of halogens is 3. The van der Waals surface area contributed by atoms with E-state index in [4.69, 9.17) is 0 Å². The largest absolute Gasteiger partial charge is 0.598 e. The van der Waals surface area contributed by atoms with Gasteiger partial charge in [0.05, 0.1) is 11.8 Å². The van der Waals surface area contributed by atoms with Crippen molar-refractivity contribution in [2.75, 3.05) is 12.4 Å². The van der Waals surface area contributed by atoms with Crippen LogP contribution in [0.15, 0.2) is 22.7 Å². The molecule has 0 amide bonds. The van der Waals surface area contributed by atoms with Gasteiger partial charge in [0, 0.05) is 21.4 Å². The van der Waals surface area contributed by atoms with Crippen molar-refractivity contribution in [3.05, 3.63) is 34.1 Å². The SMILES string of the molecule is CC(C)(C)[S+]([O-])N[C@](CF)(CS(=O)(=O)C(C)(C)C#N)c1cc(Br)ccc1F. The summed E-state index contributed by atoms with van der Waals surface area (Å²) in [6.45, 7) is 5.87. The monoisotopic (exact) mass is 484 g/mol. The number of rotatable bonds is 7. The zero-order valence-electron chi connectivity index (χ0n) is 15.8. The summed E-state index contributed by atoms with van der Waals surface area (Å²) in [4.78, 5) is 0. The summed E-state index contributed by atoms with van der Waals surface area (Å²) < 4.78 is 67.4. The average Bonchev–Trinajstić information content (AvgIpc) is 2.54. The number of hydrogen-bond acceptors (Lipinski definition) is 5. The van der Waals surface area contributed by atoms with Gasteiger partial charge in [-0.3, -0.25) is 0 Å². The van der Waals surface area contributed by atoms with E-state index in [0.29, 0.717) is 4.47 Å². The Morgan fingerprint density at radius 3 is 2.30 bits per heavy atom. The molecular formula is C17H23BrF2N2O3S2. The molecule has 1 unspecified atom stereocenters. The second kappa shape index (κ2) is 8.33. The van der Waals surface area contributed by atoms with Gasteiger partial charge in [0.2, 0.25) is 0 Å². The van der Waals surface area contributed by atoms with Crippen LogP contribution in [-0.4, -0.2) is 34.9 Å². The summed E-state index contributed by atoms with van der Waals surface area (Å²) in [6.07, 6.45) is 0. The van der Waals surface area contributed by atoms with E-state index in [0.717, 1.165) is 6.07 Å². The molecule has 27 heavy (non-hydrogen) atoms. The van der Waals surface area contributed by atoms with Crippen LogP contribution in [0.5, 0.6) is 0 Å². The highest BCUT2D eigenvalue weighted by Crippen LogP contribution is 2.34. The van der Waals surface area contributed by atoms with Gasteiger partial charge in [0.25, 0.3) is 0 Å². The van der Waals surface area contributed by atoms with Gasteiger partial charge in [-0.2, -0.15) is 5.26 Å². The van der Waals surface area contributed by atoms with E-state index in [1.807, 2.05) is 0 Å². The lowest BCUT2D eigenvalue weighted by Crippen LogP contribution is -2.58. The van der Waals surface area contributed by atoms with Crippen LogP contribution in [0.4, 0.5) is 8.78 Å². The molecule has 152 valence electrons. The van der Waals surface area contributed by atoms with Crippen LogP contribution >= 0.6 is 15.9 Å². The van der Waals surface area contributed by atoms with Gasteiger partial charge in [-0.05, 0) is 52.8 Å². The molecule has 0 aliphatic carbocycles. The van der Waals surface area contributed by atoms with Crippen molar-refractivity contribution < 1.29 is 21.8 Å². The van der Waals surface area contributed by atoms with E-state index >= 15 is 0 Å². The van der Waals surface area contributed by atoms with Crippen LogP contribution in [0.25, 0.3) is 0 Å². The third kappa shape index (κ3) is 5.41. The molecule has 0 saturated heterocycles. The highest BCUT2D eigenvalue weighted by molar-refractivity contribution is 9.10. The van der Waals surface area contributed by atoms with Crippen molar-refractivity contribution in [3.63, 3.8) is 0 Å². The molecule has 10 heteroatoms. The summed E-state index contributed by atoms with van der Waals surface area (Å²) in [7, 11) is -4.23. The Bertz CT molecular complexity index is 836. The molecule has 0 spiro atoms. The highest BCUT2D eigenvalue weighted by Gasteiger charge is 2.49. The van der Waals surface area contributed by atoms with Gasteiger partial charge in [-0.1, -0.05) is 15.9 Å². The summed E-state index contributed by atoms with van der Waals surface area (Å²) in [5.41, 5.74) is -2.41. The maximum Gasteiger partial charge on any atom is 0.171 e. The molecule has 1 aromatic rings. The number of nitrogens with zero attached hydrogens (tertiary/aromatic N) is 1. The predicted octanol–water partition coefficient (Wildman–Crippen LogP) is 3.52. The van der Waals surface area contributed by atoms with Crippen molar-refractivity contribution in [3.8, 4) is 6.07 Å². The van der Waals surface area contributed by atoms with E-state index in [1.165, 1.54) is 26.0 Å². The van der Waals surface area contributed by atoms with E-state index in [2.05, 4.69) is 20.7 Å². The summed E-state index contributed by atoms with van der Waals surface area (Å²) in [5.74, 6) is -1.79. The number of nitriles is 1. The van der Waals surface area contributed by atoms with Crippen molar-refractivity contribution in [2.45, 2.75) is 49.7 Å². The number of nitrogens with one attached hydrogen (secondary N) is 1. The Morgan fingerprint density at radius 1 is 1.30 bits per heavy atom. The van der Waals surface area contributed by atoms with Crippen molar-refractivity contribution in [1.82, 2.24) is 4.72 Å². The lowest BCUT2D eigenvalue weighted by molar-refractivity contribution is 0.298. The number of benzene rings is 1. The molecule has 0 heterocycles. The first-order valence-electron chi connectivity index (χ1n) is 7.97. The third-order valence-electron chi connectivity index (χ3n) is 4.00. The van der Waals surface area contributed by atoms with E-state index in [9.17, 15) is 27.0 Å². The lowest BCUT2D eigenvalue weighted by Gasteiger charge is -2.37. The van der Waals surface area contributed by atoms with Crippen LogP contribution in [0.2, 0.25) is 0 Å². The molecule has 0 aromatic heterocycles. The summed E-state index contributed by atoms with van der Waals surface area (Å²) in [6, 6.07) is 5.37. The van der Waals surface area contributed by atoms with Gasteiger partial charge < -0.3 is 4.55 Å². The van der Waals surface area contributed by atoms with Crippen molar-refractivity contribution in [2.24, 2.45) is 0 Å². The van der Waals surface area contributed by atoms with Gasteiger partial charge >= 0.3 is 0 Å². The first-order chi connectivity index (χ1) is 12.1. The second-order valence-electron chi connectivity index (χ2n) is 7.70. The Balaban J connectivity index is 3.66. The Hall–Kier alpha value is -0.730. The molecule has 1 N–H and O–H groups in total. The zero-order chi connectivity index (χ0) is 21.3. The molecule has 1 rings (SSSR count). The Labute approximate surface area is 170 Å². The summed E-state index contributed by atoms with van der Waals surface area (Å²) in [5, 5.41) is 9.19. The fourth-order valence-corrected chi connectivity index (χ4v) is 4.87. The van der Waals surface area contributed by atoms with E-state index < -0.39 is 54.5 Å². The smallest absolute Gasteiger partial charge is 0.171 e. The maximum absolute atomic E-state index is 14.6. The predicted molar refractivity (Wildman–Crippen MR) is 106 cm³/mol. The van der Waals surface area contributed by atoms with Gasteiger partial charge in [0.1, 0.15) is 22.8 Å². The first-order valence-corrected chi connectivity index (χ1v) is 11.6. The van der Waals surface area contributed by atoms with Crippen molar-refractivity contribution >= 4 is 37.1 Å². The van der Waals surface area contributed by atoms with Crippen LogP contribution < -0.4 is 4.72 Å². The summed E-state index contributed by atoms with van der Waals surface area (Å²) >= 11 is 1.26. The van der Waals surface area contributed by atoms with Gasteiger partial charge in [-0.15, -0.1) is 4.72 Å². The zero-order valence-corrected chi connectivity index (χ0v) is 19.0. The molecule has 1 aromatic carbocycles. The average molecular weight is 485 g/mol. The normalized spacial score (nSPS) is 16.4. The molecular weight excluding hydrogens is 462 g/mol. The fourth-order valence-electron chi connectivity index (χ4n) is 2.07. The van der Waals surface area contributed by atoms with E-state index in [-0.39, 0.29) is 5.56 Å². The number of hydrogen-bond donors (Lipinski definition) is 1. The topological polar surface area (TPSA) is 93.0 Å². The molecule has 0 bridgehead atoms. The molecule has 2 atom stereocenters. The van der Waals surface area contributed by atoms with Crippen LogP contribution in [0.3, 0.4) is 0 Å². The Kier molecular flexibility index (Phi) is 7.50. The highest BCUT2D eigenvalue weighted by atomic mass is 79.9. The molecule has 0 saturated carbocycles. The van der Waals surface area contributed by atoms with Crippen LogP contribution in [0, 0.1) is 17.1 Å². The first kappa shape index (κ1) is 24.3. The van der Waals surface area contributed by atoms with Gasteiger partial charge in [0.15, 0.2) is 14.6 Å². The third-order valence-corrected chi connectivity index (χ3v) is 8.70. The lowest BCUT2D eigenvalue weighted by atomic mass is 9.94. The molecule has 0 radical (unpaired) electrons. The van der Waals surface area contributed by atoms with Crippen LogP contribution in [-0.2, 0) is 26.7 Å². The number of sulfone groups is 1. The van der Waals surface area contributed by atoms with Crippen molar-refractivity contribution in [1.29, 1.82) is 5.26 Å². The Morgan fingerprint density at radius 2 is 1.85 bits per heavy atom. The standard InChI is InChI=1S/C17H23BrF2N2O3S2/c1-15(2,3)26(23)22-17(9-19,11-27(24,25)16(4,5)10-21)13-8-12(18)6-7-14(13)20/h6-8,22H,9,11H2,1-5H3/t17-,26?/m1/s1. The van der Waals surface area contributed by atoms with E-state index in [1.54, 1.807) is 26.8 Å². The van der Waals surface area contributed by atoms with Gasteiger partial charge in [-0.25, -0.2) is 17.2 Å².